The molecule has 1 aromatic heterocycles. The zero-order chi connectivity index (χ0) is 11.4. The number of nitrogens with one attached hydrogen (secondary N) is 1. The summed E-state index contributed by atoms with van der Waals surface area (Å²) >= 11 is 5.91. The molecule has 0 bridgehead atoms. The lowest BCUT2D eigenvalue weighted by Gasteiger charge is -2.09. The van der Waals surface area contributed by atoms with E-state index in [4.69, 9.17) is 17.3 Å². The predicted octanol–water partition coefficient (Wildman–Crippen LogP) is 0.898. The third-order valence-electron chi connectivity index (χ3n) is 1.88. The minimum absolute atomic E-state index is 0.0390. The Kier molecular flexibility index (Phi) is 3.85. The Morgan fingerprint density at radius 2 is 2.20 bits per heavy atom. The molecule has 1 rings (SSSR count). The van der Waals surface area contributed by atoms with Gasteiger partial charge in [-0.1, -0.05) is 18.5 Å². The van der Waals surface area contributed by atoms with E-state index < -0.39 is 5.91 Å². The van der Waals surface area contributed by atoms with Gasteiger partial charge in [0.2, 0.25) is 5.91 Å². The Labute approximate surface area is 93.0 Å². The molecule has 0 aliphatic rings. The first kappa shape index (κ1) is 11.7. The topological polar surface area (TPSA) is 80.9 Å². The van der Waals surface area contributed by atoms with Gasteiger partial charge in [-0.25, -0.2) is 9.97 Å². The van der Waals surface area contributed by atoms with Gasteiger partial charge in [-0.05, 0) is 6.92 Å². The molecule has 0 saturated carbocycles. The van der Waals surface area contributed by atoms with Gasteiger partial charge in [-0.15, -0.1) is 0 Å². The molecule has 0 radical (unpaired) electrons. The number of hydrogen-bond donors (Lipinski definition) is 2. The SMILES string of the molecule is CCc1nc(Cl)c(C)c(NCC(N)=O)n1. The minimum atomic E-state index is -0.442. The molecule has 82 valence electrons. The molecule has 0 unspecified atom stereocenters. The second-order valence-electron chi connectivity index (χ2n) is 3.08. The van der Waals surface area contributed by atoms with Crippen LogP contribution in [0.1, 0.15) is 18.3 Å². The van der Waals surface area contributed by atoms with Gasteiger partial charge in [0, 0.05) is 12.0 Å². The van der Waals surface area contributed by atoms with Gasteiger partial charge < -0.3 is 11.1 Å². The van der Waals surface area contributed by atoms with Crippen molar-refractivity contribution >= 4 is 23.3 Å². The maximum Gasteiger partial charge on any atom is 0.236 e. The Balaban J connectivity index is 2.94. The van der Waals surface area contributed by atoms with Gasteiger partial charge in [0.15, 0.2) is 0 Å². The largest absolute Gasteiger partial charge is 0.368 e. The van der Waals surface area contributed by atoms with Crippen LogP contribution < -0.4 is 11.1 Å². The van der Waals surface area contributed by atoms with Crippen molar-refractivity contribution in [3.05, 3.63) is 16.5 Å². The van der Waals surface area contributed by atoms with Crippen LogP contribution in [0.4, 0.5) is 5.82 Å². The van der Waals surface area contributed by atoms with Crippen LogP contribution in [0.3, 0.4) is 0 Å². The number of aromatic nitrogens is 2. The smallest absolute Gasteiger partial charge is 0.236 e. The molecule has 0 saturated heterocycles. The summed E-state index contributed by atoms with van der Waals surface area (Å²) in [4.78, 5) is 18.9. The molecule has 5 nitrogen and oxygen atoms in total. The number of primary amides is 1. The Bertz CT molecular complexity index is 381. The molecule has 0 spiro atoms. The van der Waals surface area contributed by atoms with E-state index in [1.807, 2.05) is 6.92 Å². The van der Waals surface area contributed by atoms with Crippen molar-refractivity contribution in [1.29, 1.82) is 0 Å². The summed E-state index contributed by atoms with van der Waals surface area (Å²) in [5.41, 5.74) is 5.74. The van der Waals surface area contributed by atoms with Gasteiger partial charge in [0.1, 0.15) is 16.8 Å². The number of carbonyl (C=O) groups is 1. The van der Waals surface area contributed by atoms with Crippen LogP contribution in [0.15, 0.2) is 0 Å². The maximum atomic E-state index is 10.6. The first-order valence-corrected chi connectivity index (χ1v) is 4.97. The van der Waals surface area contributed by atoms with Crippen molar-refractivity contribution in [3.8, 4) is 0 Å². The van der Waals surface area contributed by atoms with Crippen molar-refractivity contribution in [2.75, 3.05) is 11.9 Å². The Morgan fingerprint density at radius 1 is 1.53 bits per heavy atom. The van der Waals surface area contributed by atoms with Crippen LogP contribution in [0.2, 0.25) is 5.15 Å². The van der Waals surface area contributed by atoms with Crippen LogP contribution >= 0.6 is 11.6 Å². The molecule has 0 aliphatic heterocycles. The summed E-state index contributed by atoms with van der Waals surface area (Å²) < 4.78 is 0. The first-order chi connectivity index (χ1) is 7.04. The average Bonchev–Trinajstić information content (AvgIpc) is 2.19. The molecule has 1 amide bonds. The van der Waals surface area contributed by atoms with E-state index >= 15 is 0 Å². The fourth-order valence-corrected chi connectivity index (χ4v) is 1.22. The maximum absolute atomic E-state index is 10.6. The number of halogens is 1. The third-order valence-corrected chi connectivity index (χ3v) is 2.25. The van der Waals surface area contributed by atoms with Crippen LogP contribution in [-0.2, 0) is 11.2 Å². The van der Waals surface area contributed by atoms with Gasteiger partial charge >= 0.3 is 0 Å². The normalized spacial score (nSPS) is 10.1. The number of hydrogen-bond acceptors (Lipinski definition) is 4. The number of amides is 1. The van der Waals surface area contributed by atoms with Crippen LogP contribution in [0.5, 0.6) is 0 Å². The lowest BCUT2D eigenvalue weighted by Crippen LogP contribution is -2.23. The molecule has 15 heavy (non-hydrogen) atoms. The highest BCUT2D eigenvalue weighted by molar-refractivity contribution is 6.30. The Morgan fingerprint density at radius 3 is 2.73 bits per heavy atom. The monoisotopic (exact) mass is 228 g/mol. The quantitative estimate of drug-likeness (QED) is 0.751. The summed E-state index contributed by atoms with van der Waals surface area (Å²) in [5.74, 6) is 0.755. The molecule has 3 N–H and O–H groups in total. The molecule has 6 heteroatoms. The molecular formula is C9H13ClN4O. The standard InChI is InChI=1S/C9H13ClN4O/c1-3-7-13-8(10)5(2)9(14-7)12-4-6(11)15/h3-4H2,1-2H3,(H2,11,15)(H,12,13,14). The van der Waals surface area contributed by atoms with Crippen LogP contribution in [0.25, 0.3) is 0 Å². The van der Waals surface area contributed by atoms with Crippen LogP contribution in [0, 0.1) is 6.92 Å². The van der Waals surface area contributed by atoms with Crippen molar-refractivity contribution < 1.29 is 4.79 Å². The number of nitrogens with zero attached hydrogens (tertiary/aromatic N) is 2. The number of nitrogens with two attached hydrogens (primary N) is 1. The summed E-state index contributed by atoms with van der Waals surface area (Å²) in [7, 11) is 0. The summed E-state index contributed by atoms with van der Waals surface area (Å²) in [6.07, 6.45) is 0.686. The zero-order valence-corrected chi connectivity index (χ0v) is 9.43. The molecule has 0 atom stereocenters. The highest BCUT2D eigenvalue weighted by atomic mass is 35.5. The zero-order valence-electron chi connectivity index (χ0n) is 8.67. The lowest BCUT2D eigenvalue weighted by atomic mass is 10.3. The van der Waals surface area contributed by atoms with Gasteiger partial charge in [0.25, 0.3) is 0 Å². The van der Waals surface area contributed by atoms with Crippen molar-refractivity contribution in [2.45, 2.75) is 20.3 Å². The van der Waals surface area contributed by atoms with E-state index in [2.05, 4.69) is 15.3 Å². The summed E-state index contributed by atoms with van der Waals surface area (Å²) in [6.45, 7) is 3.75. The third kappa shape index (κ3) is 3.06. The highest BCUT2D eigenvalue weighted by Crippen LogP contribution is 2.19. The number of carbonyl (C=O) groups excluding carboxylic acids is 1. The summed E-state index contributed by atoms with van der Waals surface area (Å²) in [5, 5.41) is 3.21. The molecule has 1 heterocycles. The Hall–Kier alpha value is -1.36. The second-order valence-corrected chi connectivity index (χ2v) is 3.44. The molecule has 0 aromatic carbocycles. The van der Waals surface area contributed by atoms with E-state index in [-0.39, 0.29) is 6.54 Å². The number of aryl methyl sites for hydroxylation is 1. The van der Waals surface area contributed by atoms with Gasteiger partial charge in [-0.3, -0.25) is 4.79 Å². The fourth-order valence-electron chi connectivity index (χ4n) is 1.03. The number of rotatable bonds is 4. The van der Waals surface area contributed by atoms with E-state index in [1.54, 1.807) is 6.92 Å². The number of anilines is 1. The van der Waals surface area contributed by atoms with Gasteiger partial charge in [0.05, 0.1) is 6.54 Å². The van der Waals surface area contributed by atoms with Crippen molar-refractivity contribution in [2.24, 2.45) is 5.73 Å². The molecule has 1 aromatic rings. The van der Waals surface area contributed by atoms with E-state index in [1.165, 1.54) is 0 Å². The van der Waals surface area contributed by atoms with E-state index in [9.17, 15) is 4.79 Å². The predicted molar refractivity (Wildman–Crippen MR) is 58.8 cm³/mol. The average molecular weight is 229 g/mol. The van der Waals surface area contributed by atoms with Crippen molar-refractivity contribution in [1.82, 2.24) is 9.97 Å². The molecular weight excluding hydrogens is 216 g/mol. The molecule has 0 fully saturated rings. The van der Waals surface area contributed by atoms with Crippen molar-refractivity contribution in [3.63, 3.8) is 0 Å². The van der Waals surface area contributed by atoms with Gasteiger partial charge in [-0.2, -0.15) is 0 Å². The first-order valence-electron chi connectivity index (χ1n) is 4.59. The fraction of sp³-hybridized carbons (Fsp3) is 0.444. The second kappa shape index (κ2) is 4.93. The molecule has 0 aliphatic carbocycles. The van der Waals surface area contributed by atoms with E-state index in [0.29, 0.717) is 23.2 Å². The highest BCUT2D eigenvalue weighted by Gasteiger charge is 2.08. The van der Waals surface area contributed by atoms with Crippen LogP contribution in [-0.4, -0.2) is 22.4 Å². The lowest BCUT2D eigenvalue weighted by molar-refractivity contribution is -0.116. The van der Waals surface area contributed by atoms with E-state index in [0.717, 1.165) is 5.56 Å². The summed E-state index contributed by atoms with van der Waals surface area (Å²) in [6, 6.07) is 0. The minimum Gasteiger partial charge on any atom is -0.368 e.